The Bertz CT molecular complexity index is 1050. The summed E-state index contributed by atoms with van der Waals surface area (Å²) in [5.74, 6) is 0.134. The minimum absolute atomic E-state index is 0.134. The van der Waals surface area contributed by atoms with Crippen LogP contribution in [0.25, 0.3) is 22.4 Å². The molecule has 3 heterocycles. The Labute approximate surface area is 155 Å². The number of carbonyl (C=O) groups excluding carboxylic acids is 1. The van der Waals surface area contributed by atoms with E-state index in [2.05, 4.69) is 23.0 Å². The molecule has 0 spiro atoms. The first-order chi connectivity index (χ1) is 12.7. The number of aromatic nitrogens is 2. The van der Waals surface area contributed by atoms with Crippen LogP contribution in [0.1, 0.15) is 23.1 Å². The summed E-state index contributed by atoms with van der Waals surface area (Å²) in [4.78, 5) is 21.3. The standard InChI is InChI=1S/C21H18N2O2S/c1-2-14-6-7-17-15(12-25-20(17)9-14)10-16(24)11-21-23-19(13-26-21)18-5-3-4-8-22-18/h3-9,12-13H,2,10-11H2,1H3. The Balaban J connectivity index is 1.47. The quantitative estimate of drug-likeness (QED) is 0.491. The van der Waals surface area contributed by atoms with Gasteiger partial charge in [0.2, 0.25) is 0 Å². The van der Waals surface area contributed by atoms with Crippen LogP contribution in [0.3, 0.4) is 0 Å². The summed E-state index contributed by atoms with van der Waals surface area (Å²) in [6.07, 6.45) is 5.10. The molecule has 0 aliphatic carbocycles. The first kappa shape index (κ1) is 16.7. The third kappa shape index (κ3) is 3.44. The number of carbonyl (C=O) groups is 1. The van der Waals surface area contributed by atoms with Crippen LogP contribution in [0.4, 0.5) is 0 Å². The fourth-order valence-electron chi connectivity index (χ4n) is 2.95. The number of pyridine rings is 1. The minimum atomic E-state index is 0.134. The smallest absolute Gasteiger partial charge is 0.144 e. The molecule has 3 aromatic heterocycles. The molecule has 0 saturated carbocycles. The lowest BCUT2D eigenvalue weighted by Gasteiger charge is -1.99. The van der Waals surface area contributed by atoms with E-state index < -0.39 is 0 Å². The molecule has 0 radical (unpaired) electrons. The van der Waals surface area contributed by atoms with Crippen molar-refractivity contribution in [3.8, 4) is 11.4 Å². The Morgan fingerprint density at radius 3 is 2.88 bits per heavy atom. The van der Waals surface area contributed by atoms with Crippen LogP contribution in [0.2, 0.25) is 0 Å². The lowest BCUT2D eigenvalue weighted by atomic mass is 10.0. The van der Waals surface area contributed by atoms with Crippen molar-refractivity contribution in [3.63, 3.8) is 0 Å². The van der Waals surface area contributed by atoms with Gasteiger partial charge in [-0.15, -0.1) is 11.3 Å². The van der Waals surface area contributed by atoms with E-state index >= 15 is 0 Å². The van der Waals surface area contributed by atoms with Crippen molar-refractivity contribution in [2.75, 3.05) is 0 Å². The van der Waals surface area contributed by atoms with E-state index in [9.17, 15) is 4.79 Å². The first-order valence-electron chi connectivity index (χ1n) is 8.59. The van der Waals surface area contributed by atoms with Gasteiger partial charge in [0.05, 0.1) is 24.1 Å². The van der Waals surface area contributed by atoms with E-state index in [1.54, 1.807) is 12.5 Å². The molecular formula is C21H18N2O2S. The maximum Gasteiger partial charge on any atom is 0.144 e. The topological polar surface area (TPSA) is 56.0 Å². The fraction of sp³-hybridized carbons (Fsp3) is 0.190. The number of hydrogen-bond acceptors (Lipinski definition) is 5. The number of thiazole rings is 1. The lowest BCUT2D eigenvalue weighted by Crippen LogP contribution is -2.06. The van der Waals surface area contributed by atoms with Crippen LogP contribution in [-0.4, -0.2) is 15.8 Å². The van der Waals surface area contributed by atoms with Gasteiger partial charge >= 0.3 is 0 Å². The molecule has 0 unspecified atom stereocenters. The Kier molecular flexibility index (Phi) is 4.63. The van der Waals surface area contributed by atoms with Crippen molar-refractivity contribution in [3.05, 3.63) is 70.4 Å². The van der Waals surface area contributed by atoms with Crippen LogP contribution in [0, 0.1) is 0 Å². The van der Waals surface area contributed by atoms with Crippen LogP contribution < -0.4 is 0 Å². The second kappa shape index (κ2) is 7.22. The zero-order chi connectivity index (χ0) is 17.9. The molecule has 0 aliphatic heterocycles. The van der Waals surface area contributed by atoms with Gasteiger partial charge < -0.3 is 4.42 Å². The van der Waals surface area contributed by atoms with E-state index in [1.165, 1.54) is 16.9 Å². The average molecular weight is 362 g/mol. The summed E-state index contributed by atoms with van der Waals surface area (Å²) in [7, 11) is 0. The lowest BCUT2D eigenvalue weighted by molar-refractivity contribution is -0.117. The number of aryl methyl sites for hydroxylation is 1. The molecule has 130 valence electrons. The molecule has 0 fully saturated rings. The maximum absolute atomic E-state index is 12.5. The third-order valence-corrected chi connectivity index (χ3v) is 5.19. The Morgan fingerprint density at radius 2 is 2.08 bits per heavy atom. The number of ketones is 1. The third-order valence-electron chi connectivity index (χ3n) is 4.34. The van der Waals surface area contributed by atoms with Crippen molar-refractivity contribution < 1.29 is 9.21 Å². The molecule has 0 amide bonds. The molecule has 4 rings (SSSR count). The summed E-state index contributed by atoms with van der Waals surface area (Å²) in [6, 6.07) is 11.9. The van der Waals surface area contributed by atoms with E-state index in [-0.39, 0.29) is 5.78 Å². The van der Waals surface area contributed by atoms with E-state index in [1.807, 2.05) is 35.7 Å². The largest absolute Gasteiger partial charge is 0.464 e. The summed E-state index contributed by atoms with van der Waals surface area (Å²) < 4.78 is 5.63. The van der Waals surface area contributed by atoms with Gasteiger partial charge in [-0.3, -0.25) is 9.78 Å². The van der Waals surface area contributed by atoms with Crippen molar-refractivity contribution >= 4 is 28.1 Å². The number of Topliss-reactive ketones (excluding diaryl/α,β-unsaturated/α-hetero) is 1. The number of hydrogen-bond donors (Lipinski definition) is 0. The molecule has 0 aliphatic rings. The van der Waals surface area contributed by atoms with E-state index in [0.29, 0.717) is 12.8 Å². The summed E-state index contributed by atoms with van der Waals surface area (Å²) in [5.41, 5.74) is 4.66. The van der Waals surface area contributed by atoms with Gasteiger partial charge in [0.1, 0.15) is 16.4 Å². The Hall–Kier alpha value is -2.79. The molecule has 5 heteroatoms. The molecule has 0 bridgehead atoms. The molecule has 26 heavy (non-hydrogen) atoms. The SMILES string of the molecule is CCc1ccc2c(CC(=O)Cc3nc(-c4ccccn4)cs3)coc2c1. The highest BCUT2D eigenvalue weighted by Gasteiger charge is 2.14. The maximum atomic E-state index is 12.5. The highest BCUT2D eigenvalue weighted by Crippen LogP contribution is 2.24. The van der Waals surface area contributed by atoms with Gasteiger partial charge in [-0.2, -0.15) is 0 Å². The average Bonchev–Trinajstić information content (AvgIpc) is 3.29. The van der Waals surface area contributed by atoms with Crippen molar-refractivity contribution in [2.24, 2.45) is 0 Å². The van der Waals surface area contributed by atoms with Gasteiger partial charge in [0, 0.05) is 28.9 Å². The highest BCUT2D eigenvalue weighted by molar-refractivity contribution is 7.10. The molecule has 4 nitrogen and oxygen atoms in total. The van der Waals surface area contributed by atoms with E-state index in [4.69, 9.17) is 4.42 Å². The van der Waals surface area contributed by atoms with Crippen molar-refractivity contribution in [2.45, 2.75) is 26.2 Å². The van der Waals surface area contributed by atoms with Crippen LogP contribution in [-0.2, 0) is 24.1 Å². The monoisotopic (exact) mass is 362 g/mol. The van der Waals surface area contributed by atoms with E-state index in [0.717, 1.165) is 39.3 Å². The van der Waals surface area contributed by atoms with Crippen molar-refractivity contribution in [1.29, 1.82) is 0 Å². The number of furan rings is 1. The van der Waals surface area contributed by atoms with Gasteiger partial charge in [-0.25, -0.2) is 4.98 Å². The van der Waals surface area contributed by atoms with Crippen molar-refractivity contribution in [1.82, 2.24) is 9.97 Å². The molecular weight excluding hydrogens is 344 g/mol. The molecule has 0 saturated heterocycles. The van der Waals surface area contributed by atoms with Crippen LogP contribution in [0.5, 0.6) is 0 Å². The zero-order valence-corrected chi connectivity index (χ0v) is 15.3. The van der Waals surface area contributed by atoms with Gasteiger partial charge in [0.15, 0.2) is 0 Å². The number of rotatable bonds is 6. The van der Waals surface area contributed by atoms with Crippen LogP contribution >= 0.6 is 11.3 Å². The number of fused-ring (bicyclic) bond motifs is 1. The summed E-state index contributed by atoms with van der Waals surface area (Å²) in [6.45, 7) is 2.11. The number of nitrogens with zero attached hydrogens (tertiary/aromatic N) is 2. The van der Waals surface area contributed by atoms with Gasteiger partial charge in [-0.05, 0) is 30.2 Å². The second-order valence-corrected chi connectivity index (χ2v) is 7.12. The normalized spacial score (nSPS) is 11.1. The first-order valence-corrected chi connectivity index (χ1v) is 9.47. The number of benzene rings is 1. The minimum Gasteiger partial charge on any atom is -0.464 e. The predicted octanol–water partition coefficient (Wildman–Crippen LogP) is 4.87. The zero-order valence-electron chi connectivity index (χ0n) is 14.4. The highest BCUT2D eigenvalue weighted by atomic mass is 32.1. The van der Waals surface area contributed by atoms with Gasteiger partial charge in [-0.1, -0.05) is 25.1 Å². The molecule has 4 aromatic rings. The molecule has 0 atom stereocenters. The summed E-state index contributed by atoms with van der Waals surface area (Å²) in [5, 5.41) is 3.78. The fourth-order valence-corrected chi connectivity index (χ4v) is 3.77. The predicted molar refractivity (Wildman–Crippen MR) is 103 cm³/mol. The Morgan fingerprint density at radius 1 is 1.15 bits per heavy atom. The molecule has 0 N–H and O–H groups in total. The van der Waals surface area contributed by atoms with Gasteiger partial charge in [0.25, 0.3) is 0 Å². The summed E-state index contributed by atoms with van der Waals surface area (Å²) >= 11 is 1.50. The van der Waals surface area contributed by atoms with Crippen LogP contribution in [0.15, 0.2) is 58.7 Å². The molecule has 1 aromatic carbocycles. The second-order valence-electron chi connectivity index (χ2n) is 6.18.